The third-order valence-electron chi connectivity index (χ3n) is 2.08. The van der Waals surface area contributed by atoms with Crippen molar-refractivity contribution in [2.75, 3.05) is 13.7 Å². The first-order valence-electron chi connectivity index (χ1n) is 4.18. The monoisotopic (exact) mass is 183 g/mol. The lowest BCUT2D eigenvalue weighted by molar-refractivity contribution is 0.110. The number of nitrogens with two attached hydrogens (primary N) is 1. The summed E-state index contributed by atoms with van der Waals surface area (Å²) in [6.07, 6.45) is -0.138. The van der Waals surface area contributed by atoms with E-state index >= 15 is 0 Å². The number of benzene rings is 1. The Morgan fingerprint density at radius 2 is 2.23 bits per heavy atom. The van der Waals surface area contributed by atoms with Crippen LogP contribution < -0.4 is 5.73 Å². The van der Waals surface area contributed by atoms with Crippen molar-refractivity contribution in [1.29, 1.82) is 0 Å². The molecule has 0 fully saturated rings. The lowest BCUT2D eigenvalue weighted by Gasteiger charge is -2.15. The molecule has 0 aliphatic heterocycles. The molecule has 3 heteroatoms. The molecule has 1 unspecified atom stereocenters. The van der Waals surface area contributed by atoms with Gasteiger partial charge in [-0.3, -0.25) is 0 Å². The van der Waals surface area contributed by atoms with Crippen LogP contribution in [0, 0.1) is 12.7 Å². The number of methoxy groups -OCH3 is 1. The van der Waals surface area contributed by atoms with Gasteiger partial charge < -0.3 is 10.5 Å². The van der Waals surface area contributed by atoms with E-state index in [1.165, 1.54) is 12.1 Å². The van der Waals surface area contributed by atoms with Crippen LogP contribution in [0.3, 0.4) is 0 Å². The second-order valence-electron chi connectivity index (χ2n) is 2.96. The van der Waals surface area contributed by atoms with Crippen LogP contribution in [0.5, 0.6) is 0 Å². The minimum absolute atomic E-state index is 0.138. The molecule has 13 heavy (non-hydrogen) atoms. The fraction of sp³-hybridized carbons (Fsp3) is 0.400. The Balaban J connectivity index is 2.99. The first-order valence-corrected chi connectivity index (χ1v) is 4.18. The molecule has 0 aliphatic rings. The Labute approximate surface area is 77.5 Å². The first kappa shape index (κ1) is 10.2. The summed E-state index contributed by atoms with van der Waals surface area (Å²) < 4.78 is 17.9. The van der Waals surface area contributed by atoms with E-state index in [1.54, 1.807) is 13.2 Å². The summed E-state index contributed by atoms with van der Waals surface area (Å²) in [5, 5.41) is 0. The molecular weight excluding hydrogens is 169 g/mol. The standard InChI is InChI=1S/C10H14FNO/c1-7-5-8(11)3-4-9(7)10(6-12)13-2/h3-5,10H,6,12H2,1-2H3. The van der Waals surface area contributed by atoms with E-state index < -0.39 is 0 Å². The van der Waals surface area contributed by atoms with Crippen LogP contribution in [0.1, 0.15) is 17.2 Å². The zero-order valence-electron chi connectivity index (χ0n) is 7.88. The van der Waals surface area contributed by atoms with Gasteiger partial charge >= 0.3 is 0 Å². The van der Waals surface area contributed by atoms with E-state index in [9.17, 15) is 4.39 Å². The van der Waals surface area contributed by atoms with Crippen LogP contribution in [0.2, 0.25) is 0 Å². The average molecular weight is 183 g/mol. The smallest absolute Gasteiger partial charge is 0.123 e. The molecule has 0 aromatic heterocycles. The van der Waals surface area contributed by atoms with Crippen LogP contribution >= 0.6 is 0 Å². The SMILES string of the molecule is COC(CN)c1ccc(F)cc1C. The number of hydrogen-bond donors (Lipinski definition) is 1. The summed E-state index contributed by atoms with van der Waals surface area (Å²) in [6, 6.07) is 4.62. The van der Waals surface area contributed by atoms with Crippen molar-refractivity contribution in [1.82, 2.24) is 0 Å². The summed E-state index contributed by atoms with van der Waals surface area (Å²) in [6.45, 7) is 2.25. The average Bonchev–Trinajstić information content (AvgIpc) is 2.10. The molecule has 0 spiro atoms. The van der Waals surface area contributed by atoms with Crippen LogP contribution in [-0.4, -0.2) is 13.7 Å². The lowest BCUT2D eigenvalue weighted by Crippen LogP contribution is -2.15. The number of ether oxygens (including phenoxy) is 1. The highest BCUT2D eigenvalue weighted by Crippen LogP contribution is 2.20. The quantitative estimate of drug-likeness (QED) is 0.775. The molecule has 0 heterocycles. The molecule has 1 aromatic rings. The first-order chi connectivity index (χ1) is 6.19. The second kappa shape index (κ2) is 4.35. The van der Waals surface area contributed by atoms with Gasteiger partial charge in [0.05, 0.1) is 6.10 Å². The summed E-state index contributed by atoms with van der Waals surface area (Å²) in [5.41, 5.74) is 7.33. The Hall–Kier alpha value is -0.930. The highest BCUT2D eigenvalue weighted by Gasteiger charge is 2.10. The Morgan fingerprint density at radius 3 is 2.69 bits per heavy atom. The molecular formula is C10H14FNO. The molecule has 1 aromatic carbocycles. The maximum absolute atomic E-state index is 12.7. The maximum atomic E-state index is 12.7. The molecule has 0 bridgehead atoms. The predicted octanol–water partition coefficient (Wildman–Crippen LogP) is 1.78. The molecule has 72 valence electrons. The van der Waals surface area contributed by atoms with Gasteiger partial charge in [-0.05, 0) is 30.2 Å². The maximum Gasteiger partial charge on any atom is 0.123 e. The van der Waals surface area contributed by atoms with Gasteiger partial charge in [0, 0.05) is 13.7 Å². The van der Waals surface area contributed by atoms with Crippen molar-refractivity contribution >= 4 is 0 Å². The molecule has 0 aliphatic carbocycles. The molecule has 0 saturated carbocycles. The van der Waals surface area contributed by atoms with Crippen molar-refractivity contribution in [2.45, 2.75) is 13.0 Å². The lowest BCUT2D eigenvalue weighted by atomic mass is 10.0. The fourth-order valence-electron chi connectivity index (χ4n) is 1.35. The summed E-state index contributed by atoms with van der Waals surface area (Å²) in [5.74, 6) is -0.229. The highest BCUT2D eigenvalue weighted by molar-refractivity contribution is 5.28. The van der Waals surface area contributed by atoms with E-state index in [0.717, 1.165) is 11.1 Å². The van der Waals surface area contributed by atoms with E-state index in [2.05, 4.69) is 0 Å². The minimum Gasteiger partial charge on any atom is -0.375 e. The van der Waals surface area contributed by atoms with E-state index in [-0.39, 0.29) is 11.9 Å². The third kappa shape index (κ3) is 2.26. The largest absolute Gasteiger partial charge is 0.375 e. The fourth-order valence-corrected chi connectivity index (χ4v) is 1.35. The molecule has 2 nitrogen and oxygen atoms in total. The van der Waals surface area contributed by atoms with Crippen LogP contribution in [0.4, 0.5) is 4.39 Å². The second-order valence-corrected chi connectivity index (χ2v) is 2.96. The summed E-state index contributed by atoms with van der Waals surface area (Å²) >= 11 is 0. The molecule has 0 amide bonds. The normalized spacial score (nSPS) is 12.9. The topological polar surface area (TPSA) is 35.2 Å². The summed E-state index contributed by atoms with van der Waals surface area (Å²) in [7, 11) is 1.60. The van der Waals surface area contributed by atoms with Gasteiger partial charge in [0.25, 0.3) is 0 Å². The van der Waals surface area contributed by atoms with Crippen molar-refractivity contribution in [3.63, 3.8) is 0 Å². The van der Waals surface area contributed by atoms with Crippen LogP contribution in [0.15, 0.2) is 18.2 Å². The molecule has 2 N–H and O–H groups in total. The van der Waals surface area contributed by atoms with Crippen molar-refractivity contribution in [3.8, 4) is 0 Å². The van der Waals surface area contributed by atoms with Gasteiger partial charge in [-0.15, -0.1) is 0 Å². The third-order valence-corrected chi connectivity index (χ3v) is 2.08. The summed E-state index contributed by atoms with van der Waals surface area (Å²) in [4.78, 5) is 0. The molecule has 0 saturated heterocycles. The molecule has 1 atom stereocenters. The van der Waals surface area contributed by atoms with Gasteiger partial charge in [0.15, 0.2) is 0 Å². The van der Waals surface area contributed by atoms with Crippen LogP contribution in [0.25, 0.3) is 0 Å². The number of halogens is 1. The molecule has 1 rings (SSSR count). The zero-order valence-corrected chi connectivity index (χ0v) is 7.88. The van der Waals surface area contributed by atoms with Crippen molar-refractivity contribution in [3.05, 3.63) is 35.1 Å². The Bertz CT molecular complexity index is 284. The Kier molecular flexibility index (Phi) is 3.39. The van der Waals surface area contributed by atoms with Gasteiger partial charge in [0.1, 0.15) is 5.82 Å². The predicted molar refractivity (Wildman–Crippen MR) is 49.9 cm³/mol. The van der Waals surface area contributed by atoms with E-state index in [0.29, 0.717) is 6.54 Å². The van der Waals surface area contributed by atoms with Gasteiger partial charge in [-0.2, -0.15) is 0 Å². The molecule has 0 radical (unpaired) electrons. The van der Waals surface area contributed by atoms with Crippen molar-refractivity contribution in [2.24, 2.45) is 5.73 Å². The van der Waals surface area contributed by atoms with Gasteiger partial charge in [-0.1, -0.05) is 6.07 Å². The van der Waals surface area contributed by atoms with Crippen molar-refractivity contribution < 1.29 is 9.13 Å². The van der Waals surface area contributed by atoms with Gasteiger partial charge in [-0.25, -0.2) is 4.39 Å². The number of aryl methyl sites for hydroxylation is 1. The minimum atomic E-state index is -0.229. The van der Waals surface area contributed by atoms with Gasteiger partial charge in [0.2, 0.25) is 0 Å². The van der Waals surface area contributed by atoms with Crippen LogP contribution in [-0.2, 0) is 4.74 Å². The number of hydrogen-bond acceptors (Lipinski definition) is 2. The zero-order chi connectivity index (χ0) is 9.84. The van der Waals surface area contributed by atoms with E-state index in [1.807, 2.05) is 6.92 Å². The highest BCUT2D eigenvalue weighted by atomic mass is 19.1. The Morgan fingerprint density at radius 1 is 1.54 bits per heavy atom. The number of rotatable bonds is 3. The van der Waals surface area contributed by atoms with E-state index in [4.69, 9.17) is 10.5 Å².